The summed E-state index contributed by atoms with van der Waals surface area (Å²) in [7, 11) is 1.15. The minimum Gasteiger partial charge on any atom is -0.756 e. The molecule has 88 heavy (non-hydrogen) atoms. The van der Waals surface area contributed by atoms with Crippen LogP contribution in [-0.4, -0.2) is 70.0 Å². The number of hydrogen-bond donors (Lipinski definition) is 0. The highest BCUT2D eigenvalue weighted by Crippen LogP contribution is 2.38. The molecule has 0 aromatic heterocycles. The number of phosphoric acid groups is 1. The lowest BCUT2D eigenvalue weighted by atomic mass is 10.0. The van der Waals surface area contributed by atoms with E-state index in [0.29, 0.717) is 17.4 Å². The van der Waals surface area contributed by atoms with Gasteiger partial charge >= 0.3 is 11.9 Å². The third-order valence-electron chi connectivity index (χ3n) is 15.5. The van der Waals surface area contributed by atoms with E-state index in [1.54, 1.807) is 0 Å². The third-order valence-corrected chi connectivity index (χ3v) is 16.5. The molecule has 0 radical (unpaired) electrons. The summed E-state index contributed by atoms with van der Waals surface area (Å²) < 4.78 is 34.3. The van der Waals surface area contributed by atoms with Crippen molar-refractivity contribution in [1.29, 1.82) is 0 Å². The quantitative estimate of drug-likeness (QED) is 0.0195. The molecule has 0 fully saturated rings. The molecule has 0 saturated carbocycles. The van der Waals surface area contributed by atoms with Gasteiger partial charge in [-0.15, -0.1) is 0 Å². The first kappa shape index (κ1) is 84.4. The molecule has 0 aromatic rings. The SMILES string of the molecule is CC/C=C\C/C=C\C/C=C\C/C=C\C/C=C\C/C=C\C/C=C\C/C=C\C/C=C\C/C=C\CCCCCCCCC(=O)OC(COC(=O)CCCCCCCCCCCCCCCCCCCCCCCCCCCCC)COP(=O)([O-])OCC[N+](C)(C)C. The number of unbranched alkanes of at least 4 members (excludes halogenated alkanes) is 32. The molecule has 0 rings (SSSR count). The van der Waals surface area contributed by atoms with E-state index in [1.165, 1.54) is 154 Å². The maximum absolute atomic E-state index is 12.9. The van der Waals surface area contributed by atoms with E-state index < -0.39 is 26.5 Å². The van der Waals surface area contributed by atoms with Crippen LogP contribution in [0.1, 0.15) is 309 Å². The zero-order valence-electron chi connectivity index (χ0n) is 57.6. The van der Waals surface area contributed by atoms with Gasteiger partial charge in [-0.25, -0.2) is 0 Å². The monoisotopic (exact) mass is 1250 g/mol. The molecule has 2 atom stereocenters. The van der Waals surface area contributed by atoms with Gasteiger partial charge in [0.2, 0.25) is 0 Å². The van der Waals surface area contributed by atoms with Crippen molar-refractivity contribution in [2.24, 2.45) is 0 Å². The minimum atomic E-state index is -4.65. The Labute approximate surface area is 543 Å². The average Bonchev–Trinajstić information content (AvgIpc) is 3.68. The predicted molar refractivity (Wildman–Crippen MR) is 378 cm³/mol. The maximum atomic E-state index is 12.9. The van der Waals surface area contributed by atoms with Crippen molar-refractivity contribution in [2.45, 2.75) is 315 Å². The summed E-state index contributed by atoms with van der Waals surface area (Å²) >= 11 is 0. The molecule has 506 valence electrons. The number of likely N-dealkylation sites (N-methyl/N-ethyl adjacent to an activating group) is 1. The van der Waals surface area contributed by atoms with Crippen molar-refractivity contribution < 1.29 is 42.1 Å². The Morgan fingerprint density at radius 1 is 0.364 bits per heavy atom. The van der Waals surface area contributed by atoms with Gasteiger partial charge in [0, 0.05) is 12.8 Å². The summed E-state index contributed by atoms with van der Waals surface area (Å²) in [6.45, 7) is 4.14. The first-order valence-corrected chi connectivity index (χ1v) is 37.7. The standard InChI is InChI=1S/C78H136NO8P/c1-6-8-10-12-14-16-18-20-22-24-26-28-30-32-34-35-36-37-38-39-40-41-42-43-45-47-49-51-53-55-57-59-61-63-65-67-69-71-78(81)87-76(75-86-88(82,83)85-73-72-79(3,4)5)74-84-77(80)70-68-66-64-62-60-58-56-54-52-50-48-46-44-33-31-29-27-25-23-21-19-17-15-13-11-9-7-2/h8,10,14,16,20,22,26,28,32,34,36-37,39-40,42-43,47,49,53,55,76H,6-7,9,11-13,15,17-19,21,23-25,27,29-31,33,35,38,41,44-46,48,50-52,54,56-75H2,1-5H3/b10-8-,16-14-,22-20-,28-26-,34-32-,37-36-,40-39-,43-42-,49-47-,55-53-. The number of rotatable bonds is 66. The Bertz CT molecular complexity index is 1900. The summed E-state index contributed by atoms with van der Waals surface area (Å²) in [5.74, 6) is -0.845. The Morgan fingerprint density at radius 2 is 0.648 bits per heavy atom. The van der Waals surface area contributed by atoms with Crippen molar-refractivity contribution in [2.75, 3.05) is 47.5 Å². The average molecular weight is 1250 g/mol. The van der Waals surface area contributed by atoms with Gasteiger partial charge < -0.3 is 27.9 Å². The largest absolute Gasteiger partial charge is 0.756 e. The summed E-state index contributed by atoms with van der Waals surface area (Å²) in [4.78, 5) is 38.1. The fraction of sp³-hybridized carbons (Fsp3) is 0.718. The molecule has 0 N–H and O–H groups in total. The highest BCUT2D eigenvalue weighted by Gasteiger charge is 2.22. The number of esters is 2. The number of ether oxygens (including phenoxy) is 2. The second kappa shape index (κ2) is 67.8. The molecule has 0 aliphatic heterocycles. The van der Waals surface area contributed by atoms with Crippen LogP contribution in [0.2, 0.25) is 0 Å². The Morgan fingerprint density at radius 3 is 0.966 bits per heavy atom. The van der Waals surface area contributed by atoms with Gasteiger partial charge in [-0.1, -0.05) is 328 Å². The van der Waals surface area contributed by atoms with E-state index in [9.17, 15) is 19.0 Å². The van der Waals surface area contributed by atoms with Crippen LogP contribution in [0.4, 0.5) is 0 Å². The predicted octanol–water partition coefficient (Wildman–Crippen LogP) is 23.2. The van der Waals surface area contributed by atoms with Crippen LogP contribution in [0, 0.1) is 0 Å². The lowest BCUT2D eigenvalue weighted by Gasteiger charge is -2.28. The van der Waals surface area contributed by atoms with Crippen LogP contribution in [0.3, 0.4) is 0 Å². The Hall–Kier alpha value is -3.59. The molecular weight excluding hydrogens is 1110 g/mol. The van der Waals surface area contributed by atoms with E-state index in [4.69, 9.17) is 18.5 Å². The Kier molecular flexibility index (Phi) is 65.0. The molecule has 10 heteroatoms. The first-order valence-electron chi connectivity index (χ1n) is 36.2. The van der Waals surface area contributed by atoms with Crippen molar-refractivity contribution >= 4 is 19.8 Å². The molecule has 9 nitrogen and oxygen atoms in total. The molecule has 2 unspecified atom stereocenters. The van der Waals surface area contributed by atoms with Crippen LogP contribution in [0.25, 0.3) is 0 Å². The van der Waals surface area contributed by atoms with Crippen LogP contribution in [0.5, 0.6) is 0 Å². The number of allylic oxidation sites excluding steroid dienone is 20. The third kappa shape index (κ3) is 71.5. The van der Waals surface area contributed by atoms with Crippen molar-refractivity contribution in [3.63, 3.8) is 0 Å². The van der Waals surface area contributed by atoms with Gasteiger partial charge in [-0.05, 0) is 89.9 Å². The molecule has 0 bridgehead atoms. The fourth-order valence-corrected chi connectivity index (χ4v) is 10.7. The van der Waals surface area contributed by atoms with Crippen LogP contribution in [0.15, 0.2) is 122 Å². The summed E-state index contributed by atoms with van der Waals surface area (Å²) in [5, 5.41) is 0. The molecule has 0 aromatic carbocycles. The van der Waals surface area contributed by atoms with Gasteiger partial charge in [0.05, 0.1) is 27.7 Å². The van der Waals surface area contributed by atoms with Crippen LogP contribution < -0.4 is 4.89 Å². The normalized spacial score (nSPS) is 13.8. The van der Waals surface area contributed by atoms with Gasteiger partial charge in [-0.3, -0.25) is 14.2 Å². The maximum Gasteiger partial charge on any atom is 0.306 e. The summed E-state index contributed by atoms with van der Waals surface area (Å²) in [6.07, 6.45) is 97.1. The molecule has 0 spiro atoms. The van der Waals surface area contributed by atoms with Gasteiger partial charge in [0.25, 0.3) is 7.82 Å². The number of hydrogen-bond acceptors (Lipinski definition) is 8. The minimum absolute atomic E-state index is 0.0382. The molecule has 0 heterocycles. The van der Waals surface area contributed by atoms with E-state index in [2.05, 4.69) is 135 Å². The van der Waals surface area contributed by atoms with Crippen molar-refractivity contribution in [3.8, 4) is 0 Å². The number of carbonyl (C=O) groups is 2. The zero-order valence-corrected chi connectivity index (χ0v) is 58.5. The van der Waals surface area contributed by atoms with Crippen molar-refractivity contribution in [1.82, 2.24) is 0 Å². The lowest BCUT2D eigenvalue weighted by Crippen LogP contribution is -2.37. The number of quaternary nitrogens is 1. The number of nitrogens with zero attached hydrogens (tertiary/aromatic N) is 1. The molecule has 0 amide bonds. The molecule has 0 saturated heterocycles. The fourth-order valence-electron chi connectivity index (χ4n) is 9.98. The topological polar surface area (TPSA) is 111 Å². The smallest absolute Gasteiger partial charge is 0.306 e. The highest BCUT2D eigenvalue weighted by molar-refractivity contribution is 7.45. The second-order valence-corrected chi connectivity index (χ2v) is 26.6. The van der Waals surface area contributed by atoms with Gasteiger partial charge in [0.15, 0.2) is 6.10 Å². The summed E-state index contributed by atoms with van der Waals surface area (Å²) in [5.41, 5.74) is 0. The number of carbonyl (C=O) groups excluding carboxylic acids is 2. The summed E-state index contributed by atoms with van der Waals surface area (Å²) in [6, 6.07) is 0. The van der Waals surface area contributed by atoms with Gasteiger partial charge in [-0.2, -0.15) is 0 Å². The molecule has 0 aliphatic carbocycles. The zero-order chi connectivity index (χ0) is 64.1. The molecular formula is C78H136NO8P. The van der Waals surface area contributed by atoms with Gasteiger partial charge in [0.1, 0.15) is 19.8 Å². The molecule has 0 aliphatic rings. The Balaban J connectivity index is 4.11. The van der Waals surface area contributed by atoms with Crippen molar-refractivity contribution in [3.05, 3.63) is 122 Å². The highest BCUT2D eigenvalue weighted by atomic mass is 31.2. The van der Waals surface area contributed by atoms with E-state index in [0.717, 1.165) is 122 Å². The van der Waals surface area contributed by atoms with Crippen LogP contribution in [-0.2, 0) is 32.7 Å². The number of phosphoric ester groups is 1. The van der Waals surface area contributed by atoms with E-state index in [1.807, 2.05) is 21.1 Å². The second-order valence-electron chi connectivity index (χ2n) is 25.2. The lowest BCUT2D eigenvalue weighted by molar-refractivity contribution is -0.870. The van der Waals surface area contributed by atoms with E-state index in [-0.39, 0.29) is 32.0 Å². The first-order chi connectivity index (χ1) is 43.0. The van der Waals surface area contributed by atoms with E-state index >= 15 is 0 Å². The van der Waals surface area contributed by atoms with Crippen LogP contribution >= 0.6 is 7.82 Å².